The molecular formula is C60H43NS. The summed E-state index contributed by atoms with van der Waals surface area (Å²) in [4.78, 5) is 2.49. The van der Waals surface area contributed by atoms with E-state index < -0.39 is 0 Å². The molecule has 1 nitrogen and oxygen atoms in total. The highest BCUT2D eigenvalue weighted by atomic mass is 32.1. The van der Waals surface area contributed by atoms with Crippen LogP contribution in [0.4, 0.5) is 17.1 Å². The molecule has 1 spiro atoms. The maximum Gasteiger partial charge on any atom is 0.0470 e. The van der Waals surface area contributed by atoms with Gasteiger partial charge in [-0.05, 0) is 133 Å². The SMILES string of the molecule is CC1(C)c2ccccc2-c2cccc(-c3cccc(N(c4ccc(-c5cccc6c5sc5ccccc56)cc4)c4ccc5c(c4)C4(CCc6ccccc64)c4ccccc4-5)c3)c21. The normalized spacial score (nSPS) is 16.3. The second kappa shape index (κ2) is 13.2. The number of anilines is 3. The lowest BCUT2D eigenvalue weighted by molar-refractivity contribution is 0.626. The largest absolute Gasteiger partial charge is 0.310 e. The fourth-order valence-corrected chi connectivity index (χ4v) is 13.0. The maximum atomic E-state index is 2.52. The molecule has 13 rings (SSSR count). The summed E-state index contributed by atoms with van der Waals surface area (Å²) in [5, 5.41) is 2.65. The van der Waals surface area contributed by atoms with Crippen LogP contribution in [0.5, 0.6) is 0 Å². The Morgan fingerprint density at radius 2 is 1.03 bits per heavy atom. The van der Waals surface area contributed by atoms with E-state index in [4.69, 9.17) is 0 Å². The van der Waals surface area contributed by atoms with E-state index in [0.717, 1.165) is 24.2 Å². The monoisotopic (exact) mass is 809 g/mol. The van der Waals surface area contributed by atoms with Gasteiger partial charge < -0.3 is 4.90 Å². The predicted octanol–water partition coefficient (Wildman–Crippen LogP) is 16.4. The molecule has 0 N–H and O–H groups in total. The molecule has 0 amide bonds. The molecule has 9 aromatic carbocycles. The predicted molar refractivity (Wildman–Crippen MR) is 263 cm³/mol. The quantitative estimate of drug-likeness (QED) is 0.167. The molecular weight excluding hydrogens is 767 g/mol. The van der Waals surface area contributed by atoms with Gasteiger partial charge in [-0.15, -0.1) is 11.3 Å². The Morgan fingerprint density at radius 1 is 0.419 bits per heavy atom. The van der Waals surface area contributed by atoms with Crippen LogP contribution in [-0.4, -0.2) is 0 Å². The molecule has 0 aliphatic heterocycles. The van der Waals surface area contributed by atoms with Crippen molar-refractivity contribution in [3.8, 4) is 44.5 Å². The Morgan fingerprint density at radius 3 is 1.90 bits per heavy atom. The number of hydrogen-bond acceptors (Lipinski definition) is 2. The molecule has 1 atom stereocenters. The van der Waals surface area contributed by atoms with Crippen molar-refractivity contribution < 1.29 is 0 Å². The Labute approximate surface area is 367 Å². The summed E-state index contributed by atoms with van der Waals surface area (Å²) >= 11 is 1.89. The molecule has 0 fully saturated rings. The summed E-state index contributed by atoms with van der Waals surface area (Å²) in [6.07, 6.45) is 2.15. The third-order valence-corrected chi connectivity index (χ3v) is 15.7. The number of thiophene rings is 1. The van der Waals surface area contributed by atoms with Crippen LogP contribution >= 0.6 is 11.3 Å². The van der Waals surface area contributed by atoms with Gasteiger partial charge in [-0.1, -0.05) is 172 Å². The van der Waals surface area contributed by atoms with Gasteiger partial charge in [0, 0.05) is 48.1 Å². The van der Waals surface area contributed by atoms with E-state index in [9.17, 15) is 0 Å². The second-order valence-corrected chi connectivity index (χ2v) is 19.0. The van der Waals surface area contributed by atoms with E-state index in [2.05, 4.69) is 219 Å². The molecule has 3 aliphatic carbocycles. The highest BCUT2D eigenvalue weighted by molar-refractivity contribution is 7.26. The second-order valence-electron chi connectivity index (χ2n) is 17.9. The van der Waals surface area contributed by atoms with E-state index >= 15 is 0 Å². The van der Waals surface area contributed by atoms with Crippen LogP contribution in [0.2, 0.25) is 0 Å². The molecule has 0 radical (unpaired) electrons. The van der Waals surface area contributed by atoms with Gasteiger partial charge in [-0.3, -0.25) is 0 Å². The zero-order valence-electron chi connectivity index (χ0n) is 34.8. The van der Waals surface area contributed by atoms with Crippen LogP contribution in [0.25, 0.3) is 64.7 Å². The first-order valence-electron chi connectivity index (χ1n) is 22.0. The molecule has 1 heterocycles. The van der Waals surface area contributed by atoms with Crippen molar-refractivity contribution in [1.29, 1.82) is 0 Å². The van der Waals surface area contributed by atoms with E-state index in [1.807, 2.05) is 11.3 Å². The lowest BCUT2D eigenvalue weighted by Gasteiger charge is -2.31. The third kappa shape index (κ3) is 4.96. The van der Waals surface area contributed by atoms with Crippen molar-refractivity contribution in [2.24, 2.45) is 0 Å². The molecule has 2 heteroatoms. The first-order chi connectivity index (χ1) is 30.5. The number of hydrogen-bond donors (Lipinski definition) is 0. The van der Waals surface area contributed by atoms with Crippen molar-refractivity contribution in [3.05, 3.63) is 234 Å². The summed E-state index contributed by atoms with van der Waals surface area (Å²) < 4.78 is 2.67. The Hall–Kier alpha value is -7.00. The van der Waals surface area contributed by atoms with Gasteiger partial charge in [-0.25, -0.2) is 0 Å². The Kier molecular flexibility index (Phi) is 7.63. The van der Waals surface area contributed by atoms with Gasteiger partial charge in [0.15, 0.2) is 0 Å². The van der Waals surface area contributed by atoms with Crippen LogP contribution in [0, 0.1) is 0 Å². The average molecular weight is 810 g/mol. The van der Waals surface area contributed by atoms with Gasteiger partial charge in [0.05, 0.1) is 0 Å². The minimum atomic E-state index is -0.177. The fraction of sp³-hybridized carbons (Fsp3) is 0.100. The number of nitrogens with zero attached hydrogens (tertiary/aromatic N) is 1. The van der Waals surface area contributed by atoms with Crippen molar-refractivity contribution in [1.82, 2.24) is 0 Å². The average Bonchev–Trinajstić information content (AvgIpc) is 4.05. The summed E-state index contributed by atoms with van der Waals surface area (Å²) in [7, 11) is 0. The molecule has 62 heavy (non-hydrogen) atoms. The molecule has 1 aromatic heterocycles. The number of rotatable bonds is 5. The number of benzene rings is 9. The van der Waals surface area contributed by atoms with Crippen molar-refractivity contribution in [2.75, 3.05) is 4.90 Å². The maximum absolute atomic E-state index is 2.52. The van der Waals surface area contributed by atoms with E-state index in [-0.39, 0.29) is 10.8 Å². The topological polar surface area (TPSA) is 3.24 Å². The molecule has 294 valence electrons. The molecule has 3 aliphatic rings. The van der Waals surface area contributed by atoms with Crippen molar-refractivity contribution in [3.63, 3.8) is 0 Å². The van der Waals surface area contributed by atoms with Crippen molar-refractivity contribution >= 4 is 48.6 Å². The van der Waals surface area contributed by atoms with Crippen LogP contribution in [0.15, 0.2) is 200 Å². The van der Waals surface area contributed by atoms with E-state index in [0.29, 0.717) is 0 Å². The molecule has 0 bridgehead atoms. The first kappa shape index (κ1) is 35.7. The van der Waals surface area contributed by atoms with Crippen LogP contribution in [0.1, 0.15) is 53.6 Å². The minimum absolute atomic E-state index is 0.119. The standard InChI is InChI=1S/C60H43NS/c1-59(2)53-25-8-4-18-47(53)50-22-12-20-44(57(50)59)40-15-11-16-42(36-40)61(41-30-28-38(29-31-41)45-21-13-23-51-49-19-6-10-27-56(49)62-58(45)51)43-32-33-48-46-17-5-9-26-54(46)60(55(48)37-43)35-34-39-14-3-7-24-52(39)60/h3-33,36-37H,34-35H2,1-2H3. The van der Waals surface area contributed by atoms with Crippen molar-refractivity contribution in [2.45, 2.75) is 37.5 Å². The molecule has 10 aromatic rings. The summed E-state index contributed by atoms with van der Waals surface area (Å²) in [5.74, 6) is 0. The summed E-state index contributed by atoms with van der Waals surface area (Å²) in [6, 6.07) is 75.5. The van der Waals surface area contributed by atoms with E-state index in [1.54, 1.807) is 0 Å². The number of fused-ring (bicyclic) bond motifs is 13. The molecule has 1 unspecified atom stereocenters. The fourth-order valence-electron chi connectivity index (χ4n) is 11.8. The van der Waals surface area contributed by atoms with Gasteiger partial charge in [0.1, 0.15) is 0 Å². The highest BCUT2D eigenvalue weighted by Gasteiger charge is 2.48. The summed E-state index contributed by atoms with van der Waals surface area (Å²) in [5.41, 5.74) is 22.2. The lowest BCUT2D eigenvalue weighted by atomic mass is 9.73. The minimum Gasteiger partial charge on any atom is -0.310 e. The molecule has 0 saturated heterocycles. The first-order valence-corrected chi connectivity index (χ1v) is 22.8. The zero-order chi connectivity index (χ0) is 41.2. The Balaban J connectivity index is 0.994. The van der Waals surface area contributed by atoms with Crippen LogP contribution in [-0.2, 0) is 17.3 Å². The van der Waals surface area contributed by atoms with Crippen LogP contribution in [0.3, 0.4) is 0 Å². The van der Waals surface area contributed by atoms with E-state index in [1.165, 1.54) is 104 Å². The highest BCUT2D eigenvalue weighted by Crippen LogP contribution is 2.59. The molecule has 0 saturated carbocycles. The van der Waals surface area contributed by atoms with Crippen LogP contribution < -0.4 is 4.90 Å². The van der Waals surface area contributed by atoms with Gasteiger partial charge in [0.25, 0.3) is 0 Å². The number of aryl methyl sites for hydroxylation is 1. The smallest absolute Gasteiger partial charge is 0.0470 e. The Bertz CT molecular complexity index is 3460. The third-order valence-electron chi connectivity index (χ3n) is 14.5. The van der Waals surface area contributed by atoms with Gasteiger partial charge in [-0.2, -0.15) is 0 Å². The summed E-state index contributed by atoms with van der Waals surface area (Å²) in [6.45, 7) is 4.77. The zero-order valence-corrected chi connectivity index (χ0v) is 35.6. The van der Waals surface area contributed by atoms with Gasteiger partial charge >= 0.3 is 0 Å². The van der Waals surface area contributed by atoms with Gasteiger partial charge in [0.2, 0.25) is 0 Å². The lowest BCUT2D eigenvalue weighted by Crippen LogP contribution is -2.24.